The maximum atomic E-state index is 13.4. The van der Waals surface area contributed by atoms with Crippen LogP contribution in [0.4, 0.5) is 0 Å². The second-order valence-electron chi connectivity index (χ2n) is 21.1. The number of amides is 2. The van der Waals surface area contributed by atoms with Gasteiger partial charge in [-0.2, -0.15) is 0 Å². The molecule has 12 nitrogen and oxygen atoms in total. The van der Waals surface area contributed by atoms with Gasteiger partial charge >= 0.3 is 0 Å². The van der Waals surface area contributed by atoms with E-state index in [2.05, 4.69) is 20.6 Å². The van der Waals surface area contributed by atoms with Crippen LogP contribution in [0.2, 0.25) is 0 Å². The molecule has 0 aliphatic heterocycles. The lowest BCUT2D eigenvalue weighted by molar-refractivity contribution is -0.141. The molecule has 4 aromatic rings. The minimum atomic E-state index is -1.25. The number of nitrogens with zero attached hydrogens (tertiary/aromatic N) is 2. The van der Waals surface area contributed by atoms with E-state index in [1.165, 1.54) is 12.4 Å². The van der Waals surface area contributed by atoms with Gasteiger partial charge in [0.15, 0.2) is 23.1 Å². The molecule has 3 N–H and O–H groups in total. The van der Waals surface area contributed by atoms with Crippen LogP contribution in [0, 0.1) is 34.5 Å². The molecule has 4 rings (SSSR count). The second-order valence-corrected chi connectivity index (χ2v) is 21.1. The number of pyridine rings is 2. The Bertz CT molecular complexity index is 2230. The largest absolute Gasteiger partial charge is 0.385 e. The predicted octanol–water partition coefficient (Wildman–Crippen LogP) is 9.03. The molecule has 12 heteroatoms. The summed E-state index contributed by atoms with van der Waals surface area (Å²) in [6.45, 7) is 19.5. The van der Waals surface area contributed by atoms with Crippen LogP contribution in [0.1, 0.15) is 140 Å². The van der Waals surface area contributed by atoms with E-state index >= 15 is 0 Å². The molecular formula is C56H74N4O8. The Morgan fingerprint density at radius 1 is 0.544 bits per heavy atom. The maximum Gasteiger partial charge on any atom is 0.253 e. The number of hydrogen-bond acceptors (Lipinski definition) is 10. The molecule has 0 aliphatic carbocycles. The van der Waals surface area contributed by atoms with Crippen LogP contribution in [0.15, 0.2) is 110 Å². The summed E-state index contributed by atoms with van der Waals surface area (Å²) in [4.78, 5) is 98.8. The Hall–Kier alpha value is -6.01. The van der Waals surface area contributed by atoms with E-state index in [1.54, 1.807) is 36.7 Å². The molecular weight excluding hydrogens is 857 g/mol. The molecule has 2 aromatic heterocycles. The third-order valence-corrected chi connectivity index (χ3v) is 11.0. The van der Waals surface area contributed by atoms with Crippen molar-refractivity contribution in [2.75, 3.05) is 0 Å². The molecule has 68 heavy (non-hydrogen) atoms. The fourth-order valence-corrected chi connectivity index (χ4v) is 7.80. The minimum Gasteiger partial charge on any atom is -0.385 e. The van der Waals surface area contributed by atoms with Crippen molar-refractivity contribution >= 4 is 40.7 Å². The molecule has 5 atom stereocenters. The molecule has 2 heterocycles. The first-order valence-corrected chi connectivity index (χ1v) is 23.7. The van der Waals surface area contributed by atoms with Crippen LogP contribution in [0.25, 0.3) is 0 Å². The zero-order valence-electron chi connectivity index (χ0n) is 41.8. The van der Waals surface area contributed by atoms with Crippen molar-refractivity contribution in [1.29, 1.82) is 0 Å². The first-order chi connectivity index (χ1) is 31.9. The van der Waals surface area contributed by atoms with Gasteiger partial charge < -0.3 is 15.7 Å². The Labute approximate surface area is 403 Å². The molecule has 2 aromatic carbocycles. The van der Waals surface area contributed by atoms with Gasteiger partial charge in [0.25, 0.3) is 11.8 Å². The molecule has 0 saturated carbocycles. The molecule has 2 amide bonds. The van der Waals surface area contributed by atoms with Gasteiger partial charge in [-0.15, -0.1) is 0 Å². The van der Waals surface area contributed by atoms with Crippen molar-refractivity contribution in [3.63, 3.8) is 0 Å². The standard InChI is InChI=1S/C28H38N2O4.C28H36N2O4/c2*1-19(2)14-23(30-27(34)21-12-9-13-29-18-21)24(31)16-22(15-20-10-7-6-8-11-20)26(33)25(32)17-28(3,4)5/h6-13,18-19,22-23,26,33H,14-17H2,1-5H3,(H,30,34);6-13,18-19,22-23H,14-17H2,1-5H3,(H,30,34)/t22?,23-,26?;22?,23-/m00/s1. The van der Waals surface area contributed by atoms with Crippen molar-refractivity contribution < 1.29 is 38.7 Å². The fourth-order valence-electron chi connectivity index (χ4n) is 7.80. The Morgan fingerprint density at radius 2 is 0.971 bits per heavy atom. The SMILES string of the molecule is CC(C)C[C@H](NC(=O)c1cccnc1)C(=O)CC(Cc1ccccc1)C(=O)C(=O)CC(C)(C)C.CC(C)C[C@H](NC(=O)c1cccnc1)C(=O)CC(Cc1ccccc1)C(O)C(=O)CC(C)(C)C. The van der Waals surface area contributed by atoms with Gasteiger partial charge in [0, 0.05) is 62.3 Å². The van der Waals surface area contributed by atoms with Crippen LogP contribution in [-0.2, 0) is 36.8 Å². The van der Waals surface area contributed by atoms with Gasteiger partial charge in [-0.3, -0.25) is 43.5 Å². The van der Waals surface area contributed by atoms with Crippen LogP contribution in [0.5, 0.6) is 0 Å². The van der Waals surface area contributed by atoms with Gasteiger partial charge in [0.05, 0.1) is 23.2 Å². The number of aliphatic hydroxyl groups excluding tert-OH is 1. The number of benzene rings is 2. The number of aliphatic hydroxyl groups is 1. The summed E-state index contributed by atoms with van der Waals surface area (Å²) in [6, 6.07) is 24.1. The summed E-state index contributed by atoms with van der Waals surface area (Å²) in [5, 5.41) is 16.6. The lowest BCUT2D eigenvalue weighted by atomic mass is 9.81. The molecule has 0 aliphatic rings. The van der Waals surface area contributed by atoms with E-state index in [-0.39, 0.29) is 77.5 Å². The highest BCUT2D eigenvalue weighted by Gasteiger charge is 2.35. The number of carbonyl (C=O) groups excluding carboxylic acids is 7. The van der Waals surface area contributed by atoms with Crippen LogP contribution in [-0.4, -0.2) is 74.0 Å². The van der Waals surface area contributed by atoms with Gasteiger partial charge in [0.1, 0.15) is 6.10 Å². The second kappa shape index (κ2) is 27.1. The van der Waals surface area contributed by atoms with E-state index in [9.17, 15) is 38.7 Å². The zero-order valence-corrected chi connectivity index (χ0v) is 41.8. The molecule has 0 spiro atoms. The summed E-state index contributed by atoms with van der Waals surface area (Å²) in [5.41, 5.74) is 1.98. The number of ketones is 5. The molecule has 0 radical (unpaired) electrons. The molecule has 366 valence electrons. The summed E-state index contributed by atoms with van der Waals surface area (Å²) < 4.78 is 0. The smallest absolute Gasteiger partial charge is 0.253 e. The highest BCUT2D eigenvalue weighted by molar-refractivity contribution is 6.38. The number of rotatable bonds is 24. The number of aromatic nitrogens is 2. The molecule has 0 saturated heterocycles. The van der Waals surface area contributed by atoms with Gasteiger partial charge in [-0.05, 0) is 83.7 Å². The van der Waals surface area contributed by atoms with E-state index in [0.717, 1.165) is 11.1 Å². The van der Waals surface area contributed by atoms with Crippen molar-refractivity contribution in [2.24, 2.45) is 34.5 Å². The highest BCUT2D eigenvalue weighted by atomic mass is 16.3. The minimum absolute atomic E-state index is 0.00332. The lowest BCUT2D eigenvalue weighted by Crippen LogP contribution is -2.44. The van der Waals surface area contributed by atoms with E-state index in [1.807, 2.05) is 130 Å². The van der Waals surface area contributed by atoms with Gasteiger partial charge in [0.2, 0.25) is 5.78 Å². The van der Waals surface area contributed by atoms with Crippen LogP contribution in [0.3, 0.4) is 0 Å². The van der Waals surface area contributed by atoms with Gasteiger partial charge in [-0.25, -0.2) is 0 Å². The Kier molecular flexibility index (Phi) is 22.4. The van der Waals surface area contributed by atoms with Crippen molar-refractivity contribution in [3.8, 4) is 0 Å². The van der Waals surface area contributed by atoms with E-state index in [0.29, 0.717) is 36.8 Å². The van der Waals surface area contributed by atoms with E-state index < -0.39 is 41.6 Å². The first kappa shape index (κ1) is 56.3. The average Bonchev–Trinajstić information content (AvgIpc) is 3.27. The highest BCUT2D eigenvalue weighted by Crippen LogP contribution is 2.27. The van der Waals surface area contributed by atoms with Gasteiger partial charge in [-0.1, -0.05) is 130 Å². The fraction of sp³-hybridized carbons (Fsp3) is 0.482. The van der Waals surface area contributed by atoms with Crippen molar-refractivity contribution in [2.45, 2.75) is 139 Å². The number of carbonyl (C=O) groups is 7. The van der Waals surface area contributed by atoms with Crippen LogP contribution >= 0.6 is 0 Å². The van der Waals surface area contributed by atoms with Crippen molar-refractivity contribution in [1.82, 2.24) is 20.6 Å². The Morgan fingerprint density at radius 3 is 1.37 bits per heavy atom. The van der Waals surface area contributed by atoms with E-state index in [4.69, 9.17) is 0 Å². The number of Topliss-reactive ketones (excluding diaryl/α,β-unsaturated/α-hetero) is 5. The maximum absolute atomic E-state index is 13.4. The predicted molar refractivity (Wildman–Crippen MR) is 266 cm³/mol. The number of hydrogen-bond donors (Lipinski definition) is 3. The topological polar surface area (TPSA) is 190 Å². The summed E-state index contributed by atoms with van der Waals surface area (Å²) in [6.07, 6.45) is 6.64. The molecule has 3 unspecified atom stereocenters. The summed E-state index contributed by atoms with van der Waals surface area (Å²) in [7, 11) is 0. The molecule has 0 bridgehead atoms. The summed E-state index contributed by atoms with van der Waals surface area (Å²) >= 11 is 0. The summed E-state index contributed by atoms with van der Waals surface area (Å²) in [5.74, 6) is -3.45. The van der Waals surface area contributed by atoms with Crippen LogP contribution < -0.4 is 10.6 Å². The first-order valence-electron chi connectivity index (χ1n) is 23.7. The monoisotopic (exact) mass is 931 g/mol. The lowest BCUT2D eigenvalue weighted by Gasteiger charge is -2.27. The molecule has 0 fully saturated rings. The number of nitrogens with one attached hydrogen (secondary N) is 2. The average molecular weight is 931 g/mol. The zero-order chi connectivity index (χ0) is 50.6. The quantitative estimate of drug-likeness (QED) is 0.0572. The Balaban J connectivity index is 0.000000360. The normalized spacial score (nSPS) is 13.8. The third kappa shape index (κ3) is 20.9. The third-order valence-electron chi connectivity index (χ3n) is 11.0. The van der Waals surface area contributed by atoms with Crippen molar-refractivity contribution in [3.05, 3.63) is 132 Å².